The summed E-state index contributed by atoms with van der Waals surface area (Å²) in [6.45, 7) is 0.00287. The van der Waals surface area contributed by atoms with Crippen molar-refractivity contribution in [3.8, 4) is 0 Å². The molecule has 1 amide bonds. The number of rotatable bonds is 4. The van der Waals surface area contributed by atoms with Crippen LogP contribution < -0.4 is 11.1 Å². The van der Waals surface area contributed by atoms with Crippen LogP contribution in [0.2, 0.25) is 5.02 Å². The maximum Gasteiger partial charge on any atom is 0.224 e. The zero-order valence-electron chi connectivity index (χ0n) is 8.16. The molecule has 0 aliphatic rings. The fourth-order valence-electron chi connectivity index (χ4n) is 1.09. The molecule has 0 radical (unpaired) electrons. The van der Waals surface area contributed by atoms with Crippen LogP contribution >= 0.6 is 11.6 Å². The third-order valence-corrected chi connectivity index (χ3v) is 2.14. The second-order valence-corrected chi connectivity index (χ2v) is 3.52. The second kappa shape index (κ2) is 5.58. The van der Waals surface area contributed by atoms with E-state index in [4.69, 9.17) is 22.4 Å². The number of aliphatic hydroxyl groups is 1. The molecular weight excluding hydrogens is 216 g/mol. The summed E-state index contributed by atoms with van der Waals surface area (Å²) in [5, 5.41) is 11.6. The Hall–Kier alpha value is -1.26. The number of halogens is 1. The standard InChI is InChI=1S/C10H13ClN2O2/c11-8-6-7(12)3-4-9(8)13-10(15)2-1-5-14/h3-4,6,14H,1-2,5,12H2,(H,13,15). The molecule has 0 aliphatic heterocycles. The van der Waals surface area contributed by atoms with Crippen LogP contribution in [-0.2, 0) is 4.79 Å². The summed E-state index contributed by atoms with van der Waals surface area (Å²) in [5.41, 5.74) is 6.59. The number of nitrogens with one attached hydrogen (secondary N) is 1. The van der Waals surface area contributed by atoms with Crippen molar-refractivity contribution < 1.29 is 9.90 Å². The molecule has 0 bridgehead atoms. The van der Waals surface area contributed by atoms with E-state index in [9.17, 15) is 4.79 Å². The molecule has 0 aliphatic carbocycles. The molecule has 0 spiro atoms. The van der Waals surface area contributed by atoms with Gasteiger partial charge in [0.25, 0.3) is 0 Å². The Morgan fingerprint density at radius 1 is 1.53 bits per heavy atom. The molecule has 1 aromatic carbocycles. The highest BCUT2D eigenvalue weighted by Crippen LogP contribution is 2.24. The number of hydrogen-bond acceptors (Lipinski definition) is 3. The summed E-state index contributed by atoms with van der Waals surface area (Å²) in [6, 6.07) is 4.88. The number of nitrogen functional groups attached to an aromatic ring is 1. The van der Waals surface area contributed by atoms with Gasteiger partial charge in [0.2, 0.25) is 5.91 Å². The molecule has 0 heterocycles. The molecule has 0 aromatic heterocycles. The summed E-state index contributed by atoms with van der Waals surface area (Å²) in [5.74, 6) is -0.171. The van der Waals surface area contributed by atoms with E-state index in [0.29, 0.717) is 22.8 Å². The van der Waals surface area contributed by atoms with Crippen LogP contribution in [0.1, 0.15) is 12.8 Å². The quantitative estimate of drug-likeness (QED) is 0.686. The first-order chi connectivity index (χ1) is 7.13. The molecule has 0 atom stereocenters. The van der Waals surface area contributed by atoms with Crippen molar-refractivity contribution in [2.75, 3.05) is 17.7 Å². The average Bonchev–Trinajstić information content (AvgIpc) is 2.19. The maximum absolute atomic E-state index is 11.3. The Labute approximate surface area is 93.0 Å². The zero-order chi connectivity index (χ0) is 11.3. The number of benzene rings is 1. The van der Waals surface area contributed by atoms with Crippen molar-refractivity contribution in [3.05, 3.63) is 23.2 Å². The Morgan fingerprint density at radius 2 is 2.27 bits per heavy atom. The van der Waals surface area contributed by atoms with Gasteiger partial charge in [-0.15, -0.1) is 0 Å². The van der Waals surface area contributed by atoms with Crippen LogP contribution in [0.25, 0.3) is 0 Å². The molecule has 82 valence electrons. The van der Waals surface area contributed by atoms with Gasteiger partial charge >= 0.3 is 0 Å². The van der Waals surface area contributed by atoms with Crippen LogP contribution in [0.3, 0.4) is 0 Å². The Balaban J connectivity index is 2.60. The molecule has 0 saturated heterocycles. The zero-order valence-corrected chi connectivity index (χ0v) is 8.92. The van der Waals surface area contributed by atoms with Crippen LogP contribution in [-0.4, -0.2) is 17.6 Å². The molecule has 4 N–H and O–H groups in total. The number of anilines is 2. The topological polar surface area (TPSA) is 75.3 Å². The van der Waals surface area contributed by atoms with E-state index in [2.05, 4.69) is 5.32 Å². The predicted molar refractivity (Wildman–Crippen MR) is 60.8 cm³/mol. The van der Waals surface area contributed by atoms with Crippen molar-refractivity contribution in [2.24, 2.45) is 0 Å². The van der Waals surface area contributed by atoms with Crippen LogP contribution in [0.15, 0.2) is 18.2 Å². The molecule has 4 nitrogen and oxygen atoms in total. The fourth-order valence-corrected chi connectivity index (χ4v) is 1.32. The molecule has 1 rings (SSSR count). The van der Waals surface area contributed by atoms with E-state index in [1.807, 2.05) is 0 Å². The van der Waals surface area contributed by atoms with E-state index < -0.39 is 0 Å². The lowest BCUT2D eigenvalue weighted by atomic mass is 10.2. The van der Waals surface area contributed by atoms with Gasteiger partial charge in [-0.2, -0.15) is 0 Å². The summed E-state index contributed by atoms with van der Waals surface area (Å²) >= 11 is 5.86. The van der Waals surface area contributed by atoms with E-state index in [0.717, 1.165) is 0 Å². The molecule has 15 heavy (non-hydrogen) atoms. The van der Waals surface area contributed by atoms with E-state index >= 15 is 0 Å². The lowest BCUT2D eigenvalue weighted by Crippen LogP contribution is -2.12. The lowest BCUT2D eigenvalue weighted by Gasteiger charge is -2.07. The monoisotopic (exact) mass is 228 g/mol. The minimum absolute atomic E-state index is 0.00287. The third kappa shape index (κ3) is 3.77. The summed E-state index contributed by atoms with van der Waals surface area (Å²) < 4.78 is 0. The van der Waals surface area contributed by atoms with Gasteiger partial charge in [0.05, 0.1) is 10.7 Å². The normalized spacial score (nSPS) is 10.0. The minimum Gasteiger partial charge on any atom is -0.399 e. The molecular formula is C10H13ClN2O2. The maximum atomic E-state index is 11.3. The highest BCUT2D eigenvalue weighted by atomic mass is 35.5. The van der Waals surface area contributed by atoms with E-state index in [1.54, 1.807) is 18.2 Å². The first kappa shape index (κ1) is 11.8. The van der Waals surface area contributed by atoms with Crippen molar-refractivity contribution in [1.82, 2.24) is 0 Å². The number of aliphatic hydroxyl groups excluding tert-OH is 1. The van der Waals surface area contributed by atoms with Gasteiger partial charge in [0.1, 0.15) is 0 Å². The smallest absolute Gasteiger partial charge is 0.224 e. The van der Waals surface area contributed by atoms with Gasteiger partial charge in [-0.05, 0) is 24.6 Å². The average molecular weight is 229 g/mol. The molecule has 0 saturated carbocycles. The SMILES string of the molecule is Nc1ccc(NC(=O)CCCO)c(Cl)c1. The van der Waals surface area contributed by atoms with Gasteiger partial charge in [0, 0.05) is 18.7 Å². The van der Waals surface area contributed by atoms with Crippen molar-refractivity contribution in [2.45, 2.75) is 12.8 Å². The number of amides is 1. The molecule has 5 heteroatoms. The molecule has 0 fully saturated rings. The van der Waals surface area contributed by atoms with Crippen LogP contribution in [0, 0.1) is 0 Å². The first-order valence-corrected chi connectivity index (χ1v) is 4.97. The van der Waals surface area contributed by atoms with Gasteiger partial charge in [0.15, 0.2) is 0 Å². The molecule has 0 unspecified atom stereocenters. The highest BCUT2D eigenvalue weighted by molar-refractivity contribution is 6.34. The third-order valence-electron chi connectivity index (χ3n) is 1.83. The van der Waals surface area contributed by atoms with Crippen LogP contribution in [0.5, 0.6) is 0 Å². The largest absolute Gasteiger partial charge is 0.399 e. The first-order valence-electron chi connectivity index (χ1n) is 4.59. The number of carbonyl (C=O) groups excluding carboxylic acids is 1. The summed E-state index contributed by atoms with van der Waals surface area (Å²) in [4.78, 5) is 11.3. The minimum atomic E-state index is -0.171. The molecule has 1 aromatic rings. The van der Waals surface area contributed by atoms with Gasteiger partial charge in [-0.25, -0.2) is 0 Å². The lowest BCUT2D eigenvalue weighted by molar-refractivity contribution is -0.116. The Kier molecular flexibility index (Phi) is 4.39. The van der Waals surface area contributed by atoms with E-state index in [1.165, 1.54) is 0 Å². The Bertz CT molecular complexity index is 355. The summed E-state index contributed by atoms with van der Waals surface area (Å²) in [6.07, 6.45) is 0.718. The summed E-state index contributed by atoms with van der Waals surface area (Å²) in [7, 11) is 0. The van der Waals surface area contributed by atoms with Gasteiger partial charge in [-0.1, -0.05) is 11.6 Å². The van der Waals surface area contributed by atoms with E-state index in [-0.39, 0.29) is 18.9 Å². The fraction of sp³-hybridized carbons (Fsp3) is 0.300. The Morgan fingerprint density at radius 3 is 2.87 bits per heavy atom. The number of carbonyl (C=O) groups is 1. The second-order valence-electron chi connectivity index (χ2n) is 3.11. The van der Waals surface area contributed by atoms with Gasteiger partial charge in [-0.3, -0.25) is 4.79 Å². The highest BCUT2D eigenvalue weighted by Gasteiger charge is 2.05. The van der Waals surface area contributed by atoms with Crippen molar-refractivity contribution >= 4 is 28.9 Å². The number of nitrogens with two attached hydrogens (primary N) is 1. The van der Waals surface area contributed by atoms with Crippen molar-refractivity contribution in [3.63, 3.8) is 0 Å². The van der Waals surface area contributed by atoms with Crippen LogP contribution in [0.4, 0.5) is 11.4 Å². The number of hydrogen-bond donors (Lipinski definition) is 3. The predicted octanol–water partition coefficient (Wildman–Crippen LogP) is 1.63. The van der Waals surface area contributed by atoms with Crippen molar-refractivity contribution in [1.29, 1.82) is 0 Å². The van der Waals surface area contributed by atoms with Gasteiger partial charge < -0.3 is 16.2 Å².